The summed E-state index contributed by atoms with van der Waals surface area (Å²) in [7, 11) is 0. The van der Waals surface area contributed by atoms with Crippen LogP contribution < -0.4 is 5.32 Å². The van der Waals surface area contributed by atoms with Gasteiger partial charge in [0.25, 0.3) is 0 Å². The van der Waals surface area contributed by atoms with Crippen molar-refractivity contribution in [3.05, 3.63) is 48.4 Å². The lowest BCUT2D eigenvalue weighted by Gasteiger charge is -2.23. The molecule has 3 unspecified atom stereocenters. The molecule has 3 heterocycles. The maximum absolute atomic E-state index is 5.33. The van der Waals surface area contributed by atoms with Crippen LogP contribution in [-0.4, -0.2) is 23.8 Å². The summed E-state index contributed by atoms with van der Waals surface area (Å²) in [6, 6.07) is 10.2. The van der Waals surface area contributed by atoms with Gasteiger partial charge in [-0.25, -0.2) is 0 Å². The highest BCUT2D eigenvalue weighted by Gasteiger charge is 2.23. The van der Waals surface area contributed by atoms with E-state index in [1.807, 2.05) is 6.26 Å². The third kappa shape index (κ3) is 2.44. The van der Waals surface area contributed by atoms with E-state index < -0.39 is 0 Å². The second kappa shape index (κ2) is 5.81. The SMILES string of the molecule is CC(C1CCCN1)n1ccc2ccc(C3C=COCC3)cc21. The topological polar surface area (TPSA) is 26.2 Å². The highest BCUT2D eigenvalue weighted by molar-refractivity contribution is 5.81. The van der Waals surface area contributed by atoms with Gasteiger partial charge in [-0.05, 0) is 61.9 Å². The number of allylic oxidation sites excluding steroid dienone is 1. The van der Waals surface area contributed by atoms with Crippen LogP contribution in [0.4, 0.5) is 0 Å². The normalized spacial score (nSPS) is 26.2. The molecular formula is C19H24N2O. The molecule has 0 spiro atoms. The number of rotatable bonds is 3. The second-order valence-electron chi connectivity index (χ2n) is 6.58. The van der Waals surface area contributed by atoms with Crippen LogP contribution in [0.15, 0.2) is 42.8 Å². The minimum atomic E-state index is 0.487. The van der Waals surface area contributed by atoms with E-state index in [9.17, 15) is 0 Å². The number of nitrogens with one attached hydrogen (secondary N) is 1. The summed E-state index contributed by atoms with van der Waals surface area (Å²) >= 11 is 0. The molecular weight excluding hydrogens is 272 g/mol. The molecule has 0 saturated carbocycles. The average molecular weight is 296 g/mol. The molecule has 1 N–H and O–H groups in total. The molecule has 2 aliphatic rings. The van der Waals surface area contributed by atoms with Crippen molar-refractivity contribution >= 4 is 10.9 Å². The van der Waals surface area contributed by atoms with Crippen LogP contribution in [0.3, 0.4) is 0 Å². The smallest absolute Gasteiger partial charge is 0.0882 e. The first kappa shape index (κ1) is 13.9. The van der Waals surface area contributed by atoms with Gasteiger partial charge in [-0.15, -0.1) is 0 Å². The van der Waals surface area contributed by atoms with E-state index in [0.29, 0.717) is 18.0 Å². The zero-order valence-electron chi connectivity index (χ0n) is 13.2. The largest absolute Gasteiger partial charge is 0.501 e. The van der Waals surface area contributed by atoms with E-state index in [4.69, 9.17) is 4.74 Å². The Morgan fingerprint density at radius 3 is 3.00 bits per heavy atom. The Morgan fingerprint density at radius 1 is 1.27 bits per heavy atom. The number of fused-ring (bicyclic) bond motifs is 1. The Hall–Kier alpha value is -1.74. The number of nitrogens with zero attached hydrogens (tertiary/aromatic N) is 1. The molecule has 3 atom stereocenters. The first-order valence-electron chi connectivity index (χ1n) is 8.45. The molecule has 2 aliphatic heterocycles. The molecule has 22 heavy (non-hydrogen) atoms. The first-order chi connectivity index (χ1) is 10.8. The quantitative estimate of drug-likeness (QED) is 0.927. The van der Waals surface area contributed by atoms with Crippen LogP contribution in [0.2, 0.25) is 0 Å². The van der Waals surface area contributed by atoms with Gasteiger partial charge in [-0.1, -0.05) is 12.1 Å². The van der Waals surface area contributed by atoms with E-state index in [1.165, 1.54) is 29.3 Å². The number of hydrogen-bond acceptors (Lipinski definition) is 2. The van der Waals surface area contributed by atoms with E-state index >= 15 is 0 Å². The average Bonchev–Trinajstić information content (AvgIpc) is 3.24. The molecule has 1 fully saturated rings. The number of ether oxygens (including phenoxy) is 1. The van der Waals surface area contributed by atoms with Crippen molar-refractivity contribution in [3.8, 4) is 0 Å². The van der Waals surface area contributed by atoms with Gasteiger partial charge in [-0.3, -0.25) is 0 Å². The summed E-state index contributed by atoms with van der Waals surface area (Å²) < 4.78 is 7.78. The standard InChI is InChI=1S/C19H24N2O/c1-14(18-3-2-9-20-18)21-10-6-16-4-5-17(13-19(16)21)15-7-11-22-12-8-15/h4-7,10-11,13-15,18,20H,2-3,8-9,12H2,1H3. The van der Waals surface area contributed by atoms with E-state index in [-0.39, 0.29) is 0 Å². The highest BCUT2D eigenvalue weighted by atomic mass is 16.5. The summed E-state index contributed by atoms with van der Waals surface area (Å²) in [6.07, 6.45) is 9.93. The van der Waals surface area contributed by atoms with E-state index in [1.54, 1.807) is 0 Å². The summed E-state index contributed by atoms with van der Waals surface area (Å²) in [4.78, 5) is 0. The Morgan fingerprint density at radius 2 is 2.23 bits per heavy atom. The fourth-order valence-electron chi connectivity index (χ4n) is 3.86. The third-order valence-corrected chi connectivity index (χ3v) is 5.25. The second-order valence-corrected chi connectivity index (χ2v) is 6.58. The van der Waals surface area contributed by atoms with Crippen LogP contribution >= 0.6 is 0 Å². The van der Waals surface area contributed by atoms with Gasteiger partial charge < -0.3 is 14.6 Å². The molecule has 1 aromatic carbocycles. The van der Waals surface area contributed by atoms with Crippen molar-refractivity contribution < 1.29 is 4.74 Å². The van der Waals surface area contributed by atoms with E-state index in [0.717, 1.165) is 19.6 Å². The molecule has 0 radical (unpaired) electrons. The van der Waals surface area contributed by atoms with Crippen molar-refractivity contribution in [1.29, 1.82) is 0 Å². The number of aromatic nitrogens is 1. The summed E-state index contributed by atoms with van der Waals surface area (Å²) in [6.45, 7) is 4.32. The van der Waals surface area contributed by atoms with Crippen LogP contribution in [0, 0.1) is 0 Å². The Bertz CT molecular complexity index is 682. The molecule has 116 valence electrons. The first-order valence-corrected chi connectivity index (χ1v) is 8.45. The zero-order valence-corrected chi connectivity index (χ0v) is 13.2. The maximum Gasteiger partial charge on any atom is 0.0882 e. The molecule has 4 rings (SSSR count). The fraction of sp³-hybridized carbons (Fsp3) is 0.474. The highest BCUT2D eigenvalue weighted by Crippen LogP contribution is 2.30. The molecule has 3 nitrogen and oxygen atoms in total. The fourth-order valence-corrected chi connectivity index (χ4v) is 3.86. The zero-order chi connectivity index (χ0) is 14.9. The molecule has 0 aliphatic carbocycles. The van der Waals surface area contributed by atoms with Crippen molar-refractivity contribution in [1.82, 2.24) is 9.88 Å². The van der Waals surface area contributed by atoms with Gasteiger partial charge in [0.05, 0.1) is 12.9 Å². The van der Waals surface area contributed by atoms with E-state index in [2.05, 4.69) is 53.3 Å². The predicted molar refractivity (Wildman–Crippen MR) is 90.1 cm³/mol. The summed E-state index contributed by atoms with van der Waals surface area (Å²) in [5.74, 6) is 0.487. The van der Waals surface area contributed by atoms with Crippen LogP contribution in [-0.2, 0) is 4.74 Å². The van der Waals surface area contributed by atoms with Crippen LogP contribution in [0.25, 0.3) is 10.9 Å². The third-order valence-electron chi connectivity index (χ3n) is 5.25. The Labute approximate surface area is 132 Å². The lowest BCUT2D eigenvalue weighted by molar-refractivity contribution is 0.223. The molecule has 2 aromatic rings. The minimum absolute atomic E-state index is 0.487. The van der Waals surface area contributed by atoms with Crippen LogP contribution in [0.5, 0.6) is 0 Å². The molecule has 1 aromatic heterocycles. The van der Waals surface area contributed by atoms with Crippen LogP contribution in [0.1, 0.15) is 43.7 Å². The van der Waals surface area contributed by atoms with Crippen molar-refractivity contribution in [2.75, 3.05) is 13.2 Å². The van der Waals surface area contributed by atoms with Crippen molar-refractivity contribution in [2.45, 2.75) is 44.2 Å². The van der Waals surface area contributed by atoms with Gasteiger partial charge in [0, 0.05) is 29.7 Å². The van der Waals surface area contributed by atoms with Crippen molar-refractivity contribution in [2.24, 2.45) is 0 Å². The Balaban J connectivity index is 1.69. The maximum atomic E-state index is 5.33. The lowest BCUT2D eigenvalue weighted by atomic mass is 9.94. The molecule has 1 saturated heterocycles. The minimum Gasteiger partial charge on any atom is -0.501 e. The molecule has 0 bridgehead atoms. The van der Waals surface area contributed by atoms with Gasteiger partial charge >= 0.3 is 0 Å². The predicted octanol–water partition coefficient (Wildman–Crippen LogP) is 3.97. The monoisotopic (exact) mass is 296 g/mol. The van der Waals surface area contributed by atoms with Gasteiger partial charge in [0.1, 0.15) is 0 Å². The summed E-state index contributed by atoms with van der Waals surface area (Å²) in [5.41, 5.74) is 2.76. The van der Waals surface area contributed by atoms with Crippen molar-refractivity contribution in [3.63, 3.8) is 0 Å². The number of benzene rings is 1. The molecule has 0 amide bonds. The Kier molecular flexibility index (Phi) is 3.67. The van der Waals surface area contributed by atoms with Gasteiger partial charge in [0.2, 0.25) is 0 Å². The lowest BCUT2D eigenvalue weighted by Crippen LogP contribution is -2.30. The van der Waals surface area contributed by atoms with Gasteiger partial charge in [0.15, 0.2) is 0 Å². The van der Waals surface area contributed by atoms with Gasteiger partial charge in [-0.2, -0.15) is 0 Å². The number of hydrogen-bond donors (Lipinski definition) is 1. The summed E-state index contributed by atoms with van der Waals surface area (Å²) in [5, 5.41) is 4.98. The molecule has 3 heteroatoms.